The molecule has 1 aliphatic carbocycles. The highest BCUT2D eigenvalue weighted by Crippen LogP contribution is 2.53. The topological polar surface area (TPSA) is 23.5 Å². The lowest BCUT2D eigenvalue weighted by molar-refractivity contribution is 0.478. The monoisotopic (exact) mass is 641 g/mol. The lowest BCUT2D eigenvalue weighted by Crippen LogP contribution is -2.22. The summed E-state index contributed by atoms with van der Waals surface area (Å²) in [6.07, 6.45) is 0. The third kappa shape index (κ3) is 4.80. The standard InChI is InChI=1S/C48H35NO/c1-48(44-22-9-7-19-42(44)43-20-8-10-23-45(43)48)38-18-11-17-37(31-38)41-21-12-24-46(47(41)50)49(40-30-27-34-15-5-6-16-36(34)32-40)39-28-25-35(26-29-39)33-13-3-2-4-14-33/h2-32,50H,1H3. The van der Waals surface area contributed by atoms with Crippen molar-refractivity contribution in [2.75, 3.05) is 4.90 Å². The van der Waals surface area contributed by atoms with E-state index in [9.17, 15) is 5.11 Å². The van der Waals surface area contributed by atoms with Gasteiger partial charge in [-0.05, 0) is 98.6 Å². The zero-order valence-electron chi connectivity index (χ0n) is 27.8. The molecule has 0 saturated carbocycles. The second-order valence-corrected chi connectivity index (χ2v) is 13.3. The molecule has 1 aliphatic rings. The normalized spacial score (nSPS) is 12.7. The van der Waals surface area contributed by atoms with Crippen LogP contribution in [0.25, 0.3) is 44.2 Å². The largest absolute Gasteiger partial charge is 0.505 e. The number of hydrogen-bond donors (Lipinski definition) is 1. The molecule has 0 aliphatic heterocycles. The smallest absolute Gasteiger partial charge is 0.147 e. The maximum absolute atomic E-state index is 12.3. The Hall–Kier alpha value is -6.38. The van der Waals surface area contributed by atoms with E-state index >= 15 is 0 Å². The number of aromatic hydroxyl groups is 1. The van der Waals surface area contributed by atoms with Gasteiger partial charge in [0.15, 0.2) is 0 Å². The highest BCUT2D eigenvalue weighted by molar-refractivity contribution is 5.92. The summed E-state index contributed by atoms with van der Waals surface area (Å²) < 4.78 is 0. The van der Waals surface area contributed by atoms with Crippen molar-refractivity contribution in [3.63, 3.8) is 0 Å². The summed E-state index contributed by atoms with van der Waals surface area (Å²) >= 11 is 0. The van der Waals surface area contributed by atoms with Gasteiger partial charge in [0.05, 0.1) is 5.69 Å². The van der Waals surface area contributed by atoms with Gasteiger partial charge in [0.1, 0.15) is 5.75 Å². The molecule has 0 amide bonds. The van der Waals surface area contributed by atoms with E-state index in [1.165, 1.54) is 38.8 Å². The van der Waals surface area contributed by atoms with Gasteiger partial charge >= 0.3 is 0 Å². The van der Waals surface area contributed by atoms with Gasteiger partial charge in [0.25, 0.3) is 0 Å². The van der Waals surface area contributed by atoms with E-state index in [0.717, 1.165) is 39.1 Å². The Labute approximate surface area is 293 Å². The molecule has 0 spiro atoms. The summed E-state index contributed by atoms with van der Waals surface area (Å²) in [6, 6.07) is 66.1. The van der Waals surface area contributed by atoms with E-state index in [1.807, 2.05) is 24.3 Å². The summed E-state index contributed by atoms with van der Waals surface area (Å²) in [5.41, 5.74) is 12.8. The van der Waals surface area contributed by atoms with Gasteiger partial charge < -0.3 is 10.0 Å². The number of benzene rings is 8. The minimum Gasteiger partial charge on any atom is -0.505 e. The molecule has 8 aromatic carbocycles. The lowest BCUT2D eigenvalue weighted by Gasteiger charge is -2.29. The molecule has 0 fully saturated rings. The van der Waals surface area contributed by atoms with Crippen molar-refractivity contribution >= 4 is 27.8 Å². The number of para-hydroxylation sites is 1. The molecule has 0 radical (unpaired) electrons. The van der Waals surface area contributed by atoms with Crippen LogP contribution in [0.4, 0.5) is 17.1 Å². The first-order valence-electron chi connectivity index (χ1n) is 17.2. The molecule has 8 aromatic rings. The zero-order valence-corrected chi connectivity index (χ0v) is 27.8. The van der Waals surface area contributed by atoms with E-state index in [-0.39, 0.29) is 11.2 Å². The first-order chi connectivity index (χ1) is 24.6. The molecule has 0 saturated heterocycles. The van der Waals surface area contributed by atoms with Crippen molar-refractivity contribution in [2.45, 2.75) is 12.3 Å². The highest BCUT2D eigenvalue weighted by atomic mass is 16.3. The molecule has 50 heavy (non-hydrogen) atoms. The molecular weight excluding hydrogens is 607 g/mol. The molecule has 0 aromatic heterocycles. The van der Waals surface area contributed by atoms with Crippen molar-refractivity contribution in [1.29, 1.82) is 0 Å². The number of phenols is 1. The van der Waals surface area contributed by atoms with Crippen LogP contribution in [-0.2, 0) is 5.41 Å². The SMILES string of the molecule is CC1(c2cccc(-c3cccc(N(c4ccc(-c5ccccc5)cc4)c4ccc5ccccc5c4)c3O)c2)c2ccccc2-c2ccccc21. The lowest BCUT2D eigenvalue weighted by atomic mass is 9.73. The average molecular weight is 642 g/mol. The van der Waals surface area contributed by atoms with Gasteiger partial charge in [-0.15, -0.1) is 0 Å². The highest BCUT2D eigenvalue weighted by Gasteiger charge is 2.40. The molecular formula is C48H35NO. The molecule has 0 unspecified atom stereocenters. The molecule has 0 atom stereocenters. The van der Waals surface area contributed by atoms with Crippen LogP contribution in [0.3, 0.4) is 0 Å². The van der Waals surface area contributed by atoms with E-state index in [2.05, 4.69) is 176 Å². The first kappa shape index (κ1) is 29.7. The predicted octanol–water partition coefficient (Wildman–Crippen LogP) is 12.7. The predicted molar refractivity (Wildman–Crippen MR) is 209 cm³/mol. The Morgan fingerprint density at radius 3 is 1.72 bits per heavy atom. The minimum absolute atomic E-state index is 0.238. The van der Waals surface area contributed by atoms with Gasteiger partial charge in [-0.3, -0.25) is 0 Å². The van der Waals surface area contributed by atoms with Gasteiger partial charge in [0.2, 0.25) is 0 Å². The molecule has 1 N–H and O–H groups in total. The summed E-state index contributed by atoms with van der Waals surface area (Å²) in [4.78, 5) is 2.16. The fourth-order valence-electron chi connectivity index (χ4n) is 7.88. The molecule has 9 rings (SSSR count). The van der Waals surface area contributed by atoms with Gasteiger partial charge in [0, 0.05) is 22.4 Å². The van der Waals surface area contributed by atoms with Crippen LogP contribution in [0.5, 0.6) is 5.75 Å². The zero-order chi connectivity index (χ0) is 33.7. The van der Waals surface area contributed by atoms with Crippen LogP contribution in [0.2, 0.25) is 0 Å². The van der Waals surface area contributed by atoms with Gasteiger partial charge in [-0.1, -0.05) is 152 Å². The molecule has 2 heteroatoms. The summed E-state index contributed by atoms with van der Waals surface area (Å²) in [5.74, 6) is 0.238. The maximum Gasteiger partial charge on any atom is 0.147 e. The molecule has 238 valence electrons. The number of phenolic OH excluding ortho intramolecular Hbond substituents is 1. The van der Waals surface area contributed by atoms with E-state index in [0.29, 0.717) is 0 Å². The maximum atomic E-state index is 12.3. The number of rotatable bonds is 6. The second kappa shape index (κ2) is 11.9. The molecule has 2 nitrogen and oxygen atoms in total. The van der Waals surface area contributed by atoms with Crippen molar-refractivity contribution in [3.8, 4) is 39.1 Å². The molecule has 0 bridgehead atoms. The Morgan fingerprint density at radius 1 is 0.420 bits per heavy atom. The second-order valence-electron chi connectivity index (χ2n) is 13.3. The first-order valence-corrected chi connectivity index (χ1v) is 17.2. The van der Waals surface area contributed by atoms with Crippen LogP contribution in [-0.4, -0.2) is 5.11 Å². The number of anilines is 3. The van der Waals surface area contributed by atoms with Gasteiger partial charge in [-0.25, -0.2) is 0 Å². The Bertz CT molecular complexity index is 2470. The van der Waals surface area contributed by atoms with Gasteiger partial charge in [-0.2, -0.15) is 0 Å². The summed E-state index contributed by atoms with van der Waals surface area (Å²) in [6.45, 7) is 2.33. The van der Waals surface area contributed by atoms with Crippen molar-refractivity contribution < 1.29 is 5.11 Å². The van der Waals surface area contributed by atoms with E-state index in [4.69, 9.17) is 0 Å². The number of hydrogen-bond acceptors (Lipinski definition) is 2. The van der Waals surface area contributed by atoms with Crippen LogP contribution in [0.1, 0.15) is 23.6 Å². The fourth-order valence-corrected chi connectivity index (χ4v) is 7.88. The minimum atomic E-state index is -0.325. The Kier molecular flexibility index (Phi) is 7.10. The van der Waals surface area contributed by atoms with Crippen molar-refractivity contribution in [3.05, 3.63) is 205 Å². The third-order valence-corrected chi connectivity index (χ3v) is 10.5. The van der Waals surface area contributed by atoms with Crippen molar-refractivity contribution in [2.24, 2.45) is 0 Å². The summed E-state index contributed by atoms with van der Waals surface area (Å²) in [7, 11) is 0. The number of fused-ring (bicyclic) bond motifs is 4. The van der Waals surface area contributed by atoms with E-state index < -0.39 is 0 Å². The van der Waals surface area contributed by atoms with Crippen LogP contribution in [0.15, 0.2) is 188 Å². The number of nitrogens with zero attached hydrogens (tertiary/aromatic N) is 1. The Balaban J connectivity index is 1.18. The van der Waals surface area contributed by atoms with Crippen LogP contribution < -0.4 is 4.90 Å². The fraction of sp³-hybridized carbons (Fsp3) is 0.0417. The average Bonchev–Trinajstić information content (AvgIpc) is 3.45. The van der Waals surface area contributed by atoms with Crippen LogP contribution >= 0.6 is 0 Å². The summed E-state index contributed by atoms with van der Waals surface area (Å²) in [5, 5.41) is 14.6. The van der Waals surface area contributed by atoms with Crippen LogP contribution in [0, 0.1) is 0 Å². The molecule has 0 heterocycles. The third-order valence-electron chi connectivity index (χ3n) is 10.5. The van der Waals surface area contributed by atoms with E-state index in [1.54, 1.807) is 0 Å². The Morgan fingerprint density at radius 2 is 0.980 bits per heavy atom. The van der Waals surface area contributed by atoms with Crippen molar-refractivity contribution in [1.82, 2.24) is 0 Å². The quantitative estimate of drug-likeness (QED) is 0.195.